The zero-order valence-electron chi connectivity index (χ0n) is 7.97. The van der Waals surface area contributed by atoms with E-state index < -0.39 is 0 Å². The number of rotatable bonds is 2. The lowest BCUT2D eigenvalue weighted by Gasteiger charge is -2.32. The molecule has 1 unspecified atom stereocenters. The van der Waals surface area contributed by atoms with Gasteiger partial charge in [-0.25, -0.2) is 0 Å². The molecule has 1 N–H and O–H groups in total. The summed E-state index contributed by atoms with van der Waals surface area (Å²) in [5, 5.41) is 8.49. The Morgan fingerprint density at radius 2 is 2.42 bits per heavy atom. The van der Waals surface area contributed by atoms with Crippen LogP contribution in [0.3, 0.4) is 0 Å². The molecular weight excluding hydrogens is 168 g/mol. The molecule has 0 saturated carbocycles. The van der Waals surface area contributed by atoms with E-state index in [1.807, 2.05) is 11.8 Å². The van der Waals surface area contributed by atoms with Crippen LogP contribution in [-0.4, -0.2) is 34.8 Å². The van der Waals surface area contributed by atoms with Crippen molar-refractivity contribution in [1.82, 2.24) is 4.90 Å². The molecule has 0 radical (unpaired) electrons. The van der Waals surface area contributed by atoms with Gasteiger partial charge in [0.25, 0.3) is 0 Å². The Hall–Kier alpha value is -0.180. The molecule has 1 saturated heterocycles. The van der Waals surface area contributed by atoms with Gasteiger partial charge in [0.05, 0.1) is 5.84 Å². The summed E-state index contributed by atoms with van der Waals surface area (Å²) in [6, 6.07) is 0. The second-order valence-electron chi connectivity index (χ2n) is 3.32. The average molecular weight is 186 g/mol. The first-order valence-corrected chi connectivity index (χ1v) is 5.73. The van der Waals surface area contributed by atoms with Gasteiger partial charge in [0.2, 0.25) is 0 Å². The molecule has 12 heavy (non-hydrogen) atoms. The van der Waals surface area contributed by atoms with Crippen molar-refractivity contribution in [3.63, 3.8) is 0 Å². The fraction of sp³-hybridized carbons (Fsp3) is 0.889. The highest BCUT2D eigenvalue weighted by Gasteiger charge is 2.17. The van der Waals surface area contributed by atoms with E-state index in [1.165, 1.54) is 5.75 Å². The molecule has 70 valence electrons. The molecule has 1 rings (SSSR count). The summed E-state index contributed by atoms with van der Waals surface area (Å²) in [6.45, 7) is 6.53. The molecule has 0 aromatic rings. The molecule has 0 aliphatic carbocycles. The minimum absolute atomic E-state index is 0.705. The molecule has 1 fully saturated rings. The summed E-state index contributed by atoms with van der Waals surface area (Å²) in [7, 11) is 0. The normalized spacial score (nSPS) is 24.2. The van der Waals surface area contributed by atoms with Crippen LogP contribution in [0.15, 0.2) is 0 Å². The third-order valence-corrected chi connectivity index (χ3v) is 3.25. The third kappa shape index (κ3) is 2.70. The topological polar surface area (TPSA) is 27.1 Å². The van der Waals surface area contributed by atoms with Gasteiger partial charge in [0.15, 0.2) is 0 Å². The number of hydrogen-bond donors (Lipinski definition) is 1. The van der Waals surface area contributed by atoms with Crippen LogP contribution in [0, 0.1) is 5.41 Å². The fourth-order valence-electron chi connectivity index (χ4n) is 1.46. The molecule has 0 aromatic heterocycles. The van der Waals surface area contributed by atoms with E-state index >= 15 is 0 Å². The number of nitrogens with one attached hydrogen (secondary N) is 1. The molecule has 3 heteroatoms. The third-order valence-electron chi connectivity index (χ3n) is 2.11. The Morgan fingerprint density at radius 3 is 3.00 bits per heavy atom. The lowest BCUT2D eigenvalue weighted by molar-refractivity contribution is 0.423. The lowest BCUT2D eigenvalue weighted by Crippen LogP contribution is -2.40. The highest BCUT2D eigenvalue weighted by Crippen LogP contribution is 2.18. The van der Waals surface area contributed by atoms with Crippen molar-refractivity contribution in [1.29, 1.82) is 5.41 Å². The number of hydrogen-bond acceptors (Lipinski definition) is 2. The van der Waals surface area contributed by atoms with Crippen molar-refractivity contribution in [2.45, 2.75) is 31.9 Å². The van der Waals surface area contributed by atoms with Crippen LogP contribution in [0.1, 0.15) is 26.7 Å². The monoisotopic (exact) mass is 186 g/mol. The van der Waals surface area contributed by atoms with E-state index in [4.69, 9.17) is 5.41 Å². The van der Waals surface area contributed by atoms with Crippen LogP contribution < -0.4 is 0 Å². The van der Waals surface area contributed by atoms with E-state index in [-0.39, 0.29) is 0 Å². The Bertz CT molecular complexity index is 159. The van der Waals surface area contributed by atoms with Gasteiger partial charge in [-0.3, -0.25) is 5.41 Å². The maximum absolute atomic E-state index is 7.79. The van der Waals surface area contributed by atoms with Crippen LogP contribution in [-0.2, 0) is 0 Å². The van der Waals surface area contributed by atoms with Gasteiger partial charge in [0.1, 0.15) is 0 Å². The van der Waals surface area contributed by atoms with Crippen LogP contribution in [0.2, 0.25) is 0 Å². The van der Waals surface area contributed by atoms with E-state index in [1.54, 1.807) is 0 Å². The van der Waals surface area contributed by atoms with Crippen molar-refractivity contribution >= 4 is 17.6 Å². The summed E-state index contributed by atoms with van der Waals surface area (Å²) in [5.74, 6) is 2.03. The maximum atomic E-state index is 7.79. The molecule has 0 aromatic carbocycles. The molecule has 1 heterocycles. The van der Waals surface area contributed by atoms with Crippen LogP contribution in [0.25, 0.3) is 0 Å². The largest absolute Gasteiger partial charge is 0.359 e. The SMILES string of the molecule is CCCC(=N)N1CCSC(C)C1. The Labute approximate surface area is 79.2 Å². The molecular formula is C9H18N2S. The summed E-state index contributed by atoms with van der Waals surface area (Å²) in [6.07, 6.45) is 2.04. The van der Waals surface area contributed by atoms with Crippen LogP contribution in [0.5, 0.6) is 0 Å². The van der Waals surface area contributed by atoms with E-state index in [0.29, 0.717) is 5.25 Å². The Kier molecular flexibility index (Phi) is 3.92. The second kappa shape index (κ2) is 4.75. The van der Waals surface area contributed by atoms with Gasteiger partial charge in [-0.2, -0.15) is 11.8 Å². The molecule has 1 aliphatic heterocycles. The maximum Gasteiger partial charge on any atom is 0.0958 e. The van der Waals surface area contributed by atoms with Crippen LogP contribution in [0.4, 0.5) is 0 Å². The smallest absolute Gasteiger partial charge is 0.0958 e. The number of thioether (sulfide) groups is 1. The van der Waals surface area contributed by atoms with Crippen molar-refractivity contribution in [3.05, 3.63) is 0 Å². The average Bonchev–Trinajstić information content (AvgIpc) is 2.05. The quantitative estimate of drug-likeness (QED) is 0.529. The second-order valence-corrected chi connectivity index (χ2v) is 4.87. The first-order chi connectivity index (χ1) is 5.74. The van der Waals surface area contributed by atoms with Crippen molar-refractivity contribution in [2.75, 3.05) is 18.8 Å². The fourth-order valence-corrected chi connectivity index (χ4v) is 2.47. The zero-order valence-corrected chi connectivity index (χ0v) is 8.78. The van der Waals surface area contributed by atoms with Crippen molar-refractivity contribution < 1.29 is 0 Å². The molecule has 2 nitrogen and oxygen atoms in total. The highest BCUT2D eigenvalue weighted by molar-refractivity contribution is 7.99. The van der Waals surface area contributed by atoms with Gasteiger partial charge in [-0.05, 0) is 6.42 Å². The summed E-state index contributed by atoms with van der Waals surface area (Å²) < 4.78 is 0. The van der Waals surface area contributed by atoms with Crippen molar-refractivity contribution in [2.24, 2.45) is 0 Å². The van der Waals surface area contributed by atoms with Crippen LogP contribution >= 0.6 is 11.8 Å². The first kappa shape index (κ1) is 9.90. The highest BCUT2D eigenvalue weighted by atomic mass is 32.2. The minimum Gasteiger partial charge on any atom is -0.359 e. The van der Waals surface area contributed by atoms with Gasteiger partial charge in [-0.1, -0.05) is 13.8 Å². The summed E-state index contributed by atoms with van der Waals surface area (Å²) >= 11 is 2.02. The zero-order chi connectivity index (χ0) is 8.97. The van der Waals surface area contributed by atoms with Crippen molar-refractivity contribution in [3.8, 4) is 0 Å². The Morgan fingerprint density at radius 1 is 1.67 bits per heavy atom. The van der Waals surface area contributed by atoms with E-state index in [0.717, 1.165) is 31.8 Å². The van der Waals surface area contributed by atoms with Gasteiger partial charge in [-0.15, -0.1) is 0 Å². The standard InChI is InChI=1S/C9H18N2S/c1-3-4-9(10)11-5-6-12-8(2)7-11/h8,10H,3-7H2,1-2H3. The summed E-state index contributed by atoms with van der Waals surface area (Å²) in [5.41, 5.74) is 0. The number of nitrogens with zero attached hydrogens (tertiary/aromatic N) is 1. The predicted octanol–water partition coefficient (Wildman–Crippen LogP) is 2.20. The minimum atomic E-state index is 0.705. The predicted molar refractivity (Wildman–Crippen MR) is 56.1 cm³/mol. The molecule has 1 atom stereocenters. The lowest BCUT2D eigenvalue weighted by atomic mass is 10.2. The van der Waals surface area contributed by atoms with Gasteiger partial charge in [0, 0.05) is 30.5 Å². The molecule has 0 spiro atoms. The van der Waals surface area contributed by atoms with Gasteiger partial charge < -0.3 is 4.90 Å². The van der Waals surface area contributed by atoms with Gasteiger partial charge >= 0.3 is 0 Å². The molecule has 0 amide bonds. The van der Waals surface area contributed by atoms with E-state index in [2.05, 4.69) is 18.7 Å². The first-order valence-electron chi connectivity index (χ1n) is 4.68. The Balaban J connectivity index is 2.35. The molecule has 1 aliphatic rings. The van der Waals surface area contributed by atoms with E-state index in [9.17, 15) is 0 Å². The number of amidine groups is 1. The summed E-state index contributed by atoms with van der Waals surface area (Å²) in [4.78, 5) is 2.23. The molecule has 0 bridgehead atoms.